The minimum Gasteiger partial charge on any atom is -0.490 e. The number of likely N-dealkylation sites (N-methyl/N-ethyl adjacent to an activating group) is 1. The van der Waals surface area contributed by atoms with Crippen LogP contribution in [0.25, 0.3) is 0 Å². The minimum atomic E-state index is -0.821. The van der Waals surface area contributed by atoms with Crippen molar-refractivity contribution in [1.82, 2.24) is 5.32 Å². The fourth-order valence-corrected chi connectivity index (χ4v) is 1.75. The highest BCUT2D eigenvalue weighted by molar-refractivity contribution is 5.80. The molecule has 1 aromatic carbocycles. The number of carbonyl (C=O) groups excluding carboxylic acids is 1. The third-order valence-corrected chi connectivity index (χ3v) is 3.16. The van der Waals surface area contributed by atoms with Crippen LogP contribution in [-0.2, 0) is 9.53 Å². The van der Waals surface area contributed by atoms with Crippen LogP contribution < -0.4 is 10.1 Å². The van der Waals surface area contributed by atoms with Crippen LogP contribution in [0, 0.1) is 11.6 Å². The number of methoxy groups -OCH3 is 1. The molecule has 112 valence electrons. The lowest BCUT2D eigenvalue weighted by Gasteiger charge is -2.25. The van der Waals surface area contributed by atoms with Crippen molar-refractivity contribution in [3.8, 4) is 5.75 Å². The van der Waals surface area contributed by atoms with Crippen LogP contribution in [-0.4, -0.2) is 32.3 Å². The molecule has 0 spiro atoms. The van der Waals surface area contributed by atoms with Gasteiger partial charge in [-0.2, -0.15) is 0 Å². The maximum atomic E-state index is 13.3. The number of carbonyl (C=O) groups is 1. The molecule has 1 unspecified atom stereocenters. The van der Waals surface area contributed by atoms with Crippen molar-refractivity contribution in [3.05, 3.63) is 29.8 Å². The number of rotatable bonds is 7. The highest BCUT2D eigenvalue weighted by Gasteiger charge is 2.31. The van der Waals surface area contributed by atoms with Gasteiger partial charge >= 0.3 is 5.97 Å². The summed E-state index contributed by atoms with van der Waals surface area (Å²) in [5.41, 5.74) is -0.821. The molecule has 0 amide bonds. The molecular weight excluding hydrogens is 268 g/mol. The Balaban J connectivity index is 2.48. The van der Waals surface area contributed by atoms with Crippen LogP contribution in [0.5, 0.6) is 5.75 Å². The van der Waals surface area contributed by atoms with Crippen LogP contribution in [0.4, 0.5) is 8.78 Å². The SMILES string of the molecule is CNC(C)(CCCOc1cc(F)ccc1F)C(=O)OC. The van der Waals surface area contributed by atoms with Gasteiger partial charge in [-0.3, -0.25) is 4.79 Å². The molecule has 6 heteroatoms. The van der Waals surface area contributed by atoms with E-state index in [1.165, 1.54) is 7.11 Å². The molecule has 0 aromatic heterocycles. The molecule has 0 heterocycles. The van der Waals surface area contributed by atoms with Gasteiger partial charge in [0.2, 0.25) is 0 Å². The summed E-state index contributed by atoms with van der Waals surface area (Å²) in [4.78, 5) is 11.6. The largest absolute Gasteiger partial charge is 0.490 e. The summed E-state index contributed by atoms with van der Waals surface area (Å²) in [5.74, 6) is -1.68. The fourth-order valence-electron chi connectivity index (χ4n) is 1.75. The predicted molar refractivity (Wildman–Crippen MR) is 70.6 cm³/mol. The highest BCUT2D eigenvalue weighted by Crippen LogP contribution is 2.19. The van der Waals surface area contributed by atoms with Gasteiger partial charge in [0.25, 0.3) is 0 Å². The van der Waals surface area contributed by atoms with Crippen molar-refractivity contribution in [2.24, 2.45) is 0 Å². The van der Waals surface area contributed by atoms with Gasteiger partial charge in [-0.25, -0.2) is 8.78 Å². The average molecular weight is 287 g/mol. The zero-order valence-electron chi connectivity index (χ0n) is 11.8. The van der Waals surface area contributed by atoms with E-state index in [2.05, 4.69) is 5.32 Å². The first-order chi connectivity index (χ1) is 9.42. The number of hydrogen-bond donors (Lipinski definition) is 1. The summed E-state index contributed by atoms with van der Waals surface area (Å²) >= 11 is 0. The first-order valence-corrected chi connectivity index (χ1v) is 6.28. The quantitative estimate of drug-likeness (QED) is 0.617. The van der Waals surface area contributed by atoms with E-state index < -0.39 is 17.2 Å². The Bertz CT molecular complexity index is 468. The molecule has 20 heavy (non-hydrogen) atoms. The van der Waals surface area contributed by atoms with Gasteiger partial charge in [0.1, 0.15) is 11.4 Å². The van der Waals surface area contributed by atoms with E-state index in [-0.39, 0.29) is 18.3 Å². The fraction of sp³-hybridized carbons (Fsp3) is 0.500. The van der Waals surface area contributed by atoms with Crippen molar-refractivity contribution < 1.29 is 23.0 Å². The Morgan fingerprint density at radius 1 is 1.40 bits per heavy atom. The second-order valence-corrected chi connectivity index (χ2v) is 4.60. The second-order valence-electron chi connectivity index (χ2n) is 4.60. The number of nitrogens with one attached hydrogen (secondary N) is 1. The number of ether oxygens (including phenoxy) is 2. The Labute approximate surface area is 117 Å². The van der Waals surface area contributed by atoms with Crippen molar-refractivity contribution >= 4 is 5.97 Å². The predicted octanol–water partition coefficient (Wildman–Crippen LogP) is 2.27. The molecule has 0 aliphatic heterocycles. The number of hydrogen-bond acceptors (Lipinski definition) is 4. The molecule has 0 aliphatic carbocycles. The second kappa shape index (κ2) is 7.19. The third kappa shape index (κ3) is 4.16. The summed E-state index contributed by atoms with van der Waals surface area (Å²) in [6.07, 6.45) is 0.940. The molecule has 1 atom stereocenters. The van der Waals surface area contributed by atoms with E-state index >= 15 is 0 Å². The maximum Gasteiger partial charge on any atom is 0.325 e. The normalized spacial score (nSPS) is 13.7. The first-order valence-electron chi connectivity index (χ1n) is 6.28. The topological polar surface area (TPSA) is 47.6 Å². The maximum absolute atomic E-state index is 13.3. The Morgan fingerprint density at radius 3 is 2.70 bits per heavy atom. The standard InChI is InChI=1S/C14H19F2NO3/c1-14(17-2,13(18)19-3)7-4-8-20-12-9-10(15)5-6-11(12)16/h5-6,9,17H,4,7-8H2,1-3H3. The van der Waals surface area contributed by atoms with Gasteiger partial charge in [0.15, 0.2) is 11.6 Å². The Kier molecular flexibility index (Phi) is 5.88. The summed E-state index contributed by atoms with van der Waals surface area (Å²) in [5, 5.41) is 2.88. The molecule has 0 saturated carbocycles. The van der Waals surface area contributed by atoms with Crippen LogP contribution in [0.2, 0.25) is 0 Å². The lowest BCUT2D eigenvalue weighted by molar-refractivity contribution is -0.148. The molecule has 4 nitrogen and oxygen atoms in total. The van der Waals surface area contributed by atoms with Gasteiger partial charge in [-0.1, -0.05) is 0 Å². The summed E-state index contributed by atoms with van der Waals surface area (Å²) in [6, 6.07) is 3.03. The van der Waals surface area contributed by atoms with Gasteiger partial charge < -0.3 is 14.8 Å². The molecule has 0 saturated heterocycles. The van der Waals surface area contributed by atoms with Crippen LogP contribution in [0.3, 0.4) is 0 Å². The molecule has 1 N–H and O–H groups in total. The zero-order chi connectivity index (χ0) is 15.2. The molecule has 1 aromatic rings. The van der Waals surface area contributed by atoms with Gasteiger partial charge in [-0.15, -0.1) is 0 Å². The van der Waals surface area contributed by atoms with Crippen molar-refractivity contribution in [1.29, 1.82) is 0 Å². The number of halogens is 2. The van der Waals surface area contributed by atoms with E-state index in [9.17, 15) is 13.6 Å². The van der Waals surface area contributed by atoms with Crippen molar-refractivity contribution in [3.63, 3.8) is 0 Å². The molecule has 0 fully saturated rings. The van der Waals surface area contributed by atoms with Gasteiger partial charge in [0, 0.05) is 6.07 Å². The van der Waals surface area contributed by atoms with Crippen LogP contribution in [0.1, 0.15) is 19.8 Å². The van der Waals surface area contributed by atoms with E-state index in [1.807, 2.05) is 0 Å². The van der Waals surface area contributed by atoms with E-state index in [0.29, 0.717) is 12.8 Å². The summed E-state index contributed by atoms with van der Waals surface area (Å²) in [6.45, 7) is 1.89. The minimum absolute atomic E-state index is 0.130. The lowest BCUT2D eigenvalue weighted by atomic mass is 9.96. The number of benzene rings is 1. The molecule has 1 rings (SSSR count). The average Bonchev–Trinajstić information content (AvgIpc) is 2.45. The third-order valence-electron chi connectivity index (χ3n) is 3.16. The highest BCUT2D eigenvalue weighted by atomic mass is 19.1. The Morgan fingerprint density at radius 2 is 2.10 bits per heavy atom. The van der Waals surface area contributed by atoms with E-state index in [0.717, 1.165) is 18.2 Å². The molecule has 0 bridgehead atoms. The molecule has 0 aliphatic rings. The van der Waals surface area contributed by atoms with Gasteiger partial charge in [-0.05, 0) is 38.9 Å². The molecular formula is C14H19F2NO3. The van der Waals surface area contributed by atoms with Crippen LogP contribution in [0.15, 0.2) is 18.2 Å². The summed E-state index contributed by atoms with van der Waals surface area (Å²) in [7, 11) is 2.97. The van der Waals surface area contributed by atoms with Gasteiger partial charge in [0.05, 0.1) is 13.7 Å². The van der Waals surface area contributed by atoms with Crippen molar-refractivity contribution in [2.45, 2.75) is 25.3 Å². The summed E-state index contributed by atoms with van der Waals surface area (Å²) < 4.78 is 36.1. The monoisotopic (exact) mass is 287 g/mol. The smallest absolute Gasteiger partial charge is 0.325 e. The number of esters is 1. The zero-order valence-corrected chi connectivity index (χ0v) is 11.8. The molecule has 0 radical (unpaired) electrons. The Hall–Kier alpha value is -1.69. The first kappa shape index (κ1) is 16.4. The van der Waals surface area contributed by atoms with E-state index in [1.54, 1.807) is 14.0 Å². The lowest BCUT2D eigenvalue weighted by Crippen LogP contribution is -2.48. The van der Waals surface area contributed by atoms with E-state index in [4.69, 9.17) is 9.47 Å². The van der Waals surface area contributed by atoms with Crippen LogP contribution >= 0.6 is 0 Å². The van der Waals surface area contributed by atoms with Crippen molar-refractivity contribution in [2.75, 3.05) is 20.8 Å².